The quantitative estimate of drug-likeness (QED) is 0.284. The molecular weight excluding hydrogens is 545 g/mol. The SMILES string of the molecule is CC(C)(CO)NC(=O)c1cn(C2=CC=C(c3ccccc3)CC2(Cl)C(C)(C)O)c(-c2c(Cl)cccc2Cl)n1. The summed E-state index contributed by atoms with van der Waals surface area (Å²) >= 11 is 20.5. The molecule has 1 aliphatic carbocycles. The average Bonchev–Trinajstić information content (AvgIpc) is 3.28. The van der Waals surface area contributed by atoms with E-state index in [-0.39, 0.29) is 12.3 Å². The zero-order valence-electron chi connectivity index (χ0n) is 21.6. The molecule has 0 fully saturated rings. The van der Waals surface area contributed by atoms with Gasteiger partial charge in [-0.1, -0.05) is 65.7 Å². The molecule has 0 saturated carbocycles. The second-order valence-corrected chi connectivity index (χ2v) is 12.0. The standard InChI is InChI=1S/C29H30Cl3N3O3/c1-27(2,17-36)34-26(37)22-16-35(25(33-22)24-20(30)11-8-12-21(24)31)23-14-13-19(18-9-6-5-7-10-18)15-29(23,32)28(3,4)38/h5-14,16,36,38H,15,17H2,1-4H3,(H,34,37). The van der Waals surface area contributed by atoms with Crippen LogP contribution in [0.4, 0.5) is 0 Å². The lowest BCUT2D eigenvalue weighted by Crippen LogP contribution is -2.48. The van der Waals surface area contributed by atoms with Crippen LogP contribution in [-0.2, 0) is 0 Å². The van der Waals surface area contributed by atoms with E-state index in [2.05, 4.69) is 10.3 Å². The number of nitrogens with one attached hydrogen (secondary N) is 1. The predicted octanol–water partition coefficient (Wildman–Crippen LogP) is 6.43. The van der Waals surface area contributed by atoms with Gasteiger partial charge in [0.2, 0.25) is 0 Å². The largest absolute Gasteiger partial charge is 0.394 e. The molecule has 0 aliphatic heterocycles. The lowest BCUT2D eigenvalue weighted by molar-refractivity contribution is 0.0531. The molecule has 0 radical (unpaired) electrons. The Balaban J connectivity index is 1.96. The molecule has 1 heterocycles. The van der Waals surface area contributed by atoms with Crippen molar-refractivity contribution in [1.29, 1.82) is 0 Å². The van der Waals surface area contributed by atoms with Gasteiger partial charge in [0, 0.05) is 18.3 Å². The normalized spacial score (nSPS) is 18.1. The van der Waals surface area contributed by atoms with E-state index in [1.807, 2.05) is 42.5 Å². The Bertz CT molecular complexity index is 1400. The number of allylic oxidation sites excluding steroid dienone is 3. The van der Waals surface area contributed by atoms with Gasteiger partial charge in [0.05, 0.1) is 33.4 Å². The van der Waals surface area contributed by atoms with Crippen molar-refractivity contribution in [3.8, 4) is 11.4 Å². The number of rotatable bonds is 7. The molecule has 1 amide bonds. The van der Waals surface area contributed by atoms with E-state index in [0.29, 0.717) is 33.6 Å². The molecule has 3 aromatic rings. The monoisotopic (exact) mass is 573 g/mol. The minimum absolute atomic E-state index is 0.0750. The number of aromatic nitrogens is 2. The molecular formula is C29H30Cl3N3O3. The Kier molecular flexibility index (Phi) is 7.86. The minimum Gasteiger partial charge on any atom is -0.394 e. The van der Waals surface area contributed by atoms with Gasteiger partial charge in [-0.05, 0) is 57.0 Å². The minimum atomic E-state index is -1.39. The molecule has 0 bridgehead atoms. The first-order chi connectivity index (χ1) is 17.8. The van der Waals surface area contributed by atoms with Crippen LogP contribution < -0.4 is 5.32 Å². The third-order valence-electron chi connectivity index (χ3n) is 6.63. The number of hydrogen-bond donors (Lipinski definition) is 3. The Morgan fingerprint density at radius 3 is 2.26 bits per heavy atom. The van der Waals surface area contributed by atoms with Gasteiger partial charge in [0.25, 0.3) is 5.91 Å². The van der Waals surface area contributed by atoms with Crippen molar-refractivity contribution in [1.82, 2.24) is 14.9 Å². The van der Waals surface area contributed by atoms with Crippen LogP contribution in [0, 0.1) is 0 Å². The number of aliphatic hydroxyl groups is 2. The highest BCUT2D eigenvalue weighted by atomic mass is 35.5. The summed E-state index contributed by atoms with van der Waals surface area (Å²) in [6.45, 7) is 6.44. The first-order valence-corrected chi connectivity index (χ1v) is 13.3. The maximum absolute atomic E-state index is 13.2. The lowest BCUT2D eigenvalue weighted by Gasteiger charge is -2.43. The molecule has 1 aliphatic rings. The van der Waals surface area contributed by atoms with Crippen LogP contribution in [0.3, 0.4) is 0 Å². The molecule has 1 unspecified atom stereocenters. The number of aliphatic hydroxyl groups excluding tert-OH is 1. The number of alkyl halides is 1. The van der Waals surface area contributed by atoms with E-state index in [0.717, 1.165) is 11.1 Å². The van der Waals surface area contributed by atoms with Crippen molar-refractivity contribution >= 4 is 52.0 Å². The van der Waals surface area contributed by atoms with Gasteiger partial charge in [-0.3, -0.25) is 4.79 Å². The van der Waals surface area contributed by atoms with Gasteiger partial charge in [-0.2, -0.15) is 0 Å². The molecule has 200 valence electrons. The number of amides is 1. The number of carbonyl (C=O) groups excluding carboxylic acids is 1. The van der Waals surface area contributed by atoms with E-state index in [1.54, 1.807) is 56.7 Å². The summed E-state index contributed by atoms with van der Waals surface area (Å²) in [5, 5.41) is 24.5. The van der Waals surface area contributed by atoms with Gasteiger partial charge in [-0.15, -0.1) is 11.6 Å². The van der Waals surface area contributed by atoms with Crippen molar-refractivity contribution in [2.75, 3.05) is 6.61 Å². The zero-order chi connectivity index (χ0) is 27.9. The Labute approximate surface area is 237 Å². The molecule has 38 heavy (non-hydrogen) atoms. The number of imidazole rings is 1. The van der Waals surface area contributed by atoms with Crippen LogP contribution in [0.2, 0.25) is 10.0 Å². The Morgan fingerprint density at radius 2 is 1.68 bits per heavy atom. The Morgan fingerprint density at radius 1 is 1.05 bits per heavy atom. The molecule has 4 rings (SSSR count). The first-order valence-electron chi connectivity index (χ1n) is 12.1. The van der Waals surface area contributed by atoms with Crippen molar-refractivity contribution in [3.63, 3.8) is 0 Å². The average molecular weight is 575 g/mol. The number of halogens is 3. The van der Waals surface area contributed by atoms with E-state index < -0.39 is 21.9 Å². The number of hydrogen-bond acceptors (Lipinski definition) is 4. The van der Waals surface area contributed by atoms with Crippen LogP contribution in [0.25, 0.3) is 22.7 Å². The smallest absolute Gasteiger partial charge is 0.271 e. The van der Waals surface area contributed by atoms with Gasteiger partial charge >= 0.3 is 0 Å². The van der Waals surface area contributed by atoms with Crippen molar-refractivity contribution < 1.29 is 15.0 Å². The molecule has 0 spiro atoms. The fraction of sp³-hybridized carbons (Fsp3) is 0.310. The van der Waals surface area contributed by atoms with Crippen LogP contribution in [-0.4, -0.2) is 48.3 Å². The highest BCUT2D eigenvalue weighted by Crippen LogP contribution is 2.49. The summed E-state index contributed by atoms with van der Waals surface area (Å²) in [5.41, 5.74) is 0.682. The second-order valence-electron chi connectivity index (χ2n) is 10.6. The fourth-order valence-corrected chi connectivity index (χ4v) is 5.21. The van der Waals surface area contributed by atoms with Gasteiger partial charge in [-0.25, -0.2) is 4.98 Å². The molecule has 6 nitrogen and oxygen atoms in total. The van der Waals surface area contributed by atoms with Crippen molar-refractivity contribution in [2.45, 2.75) is 50.1 Å². The summed E-state index contributed by atoms with van der Waals surface area (Å²) < 4.78 is 1.66. The maximum Gasteiger partial charge on any atom is 0.271 e. The van der Waals surface area contributed by atoms with Gasteiger partial charge < -0.3 is 20.1 Å². The van der Waals surface area contributed by atoms with E-state index in [9.17, 15) is 15.0 Å². The lowest BCUT2D eigenvalue weighted by atomic mass is 9.77. The van der Waals surface area contributed by atoms with Crippen LogP contribution in [0.5, 0.6) is 0 Å². The summed E-state index contributed by atoms with van der Waals surface area (Å²) in [6.07, 6.45) is 5.63. The number of benzene rings is 2. The van der Waals surface area contributed by atoms with Crippen molar-refractivity contribution in [3.05, 3.63) is 88.2 Å². The van der Waals surface area contributed by atoms with Crippen LogP contribution in [0.15, 0.2) is 66.9 Å². The first kappa shape index (κ1) is 28.4. The summed E-state index contributed by atoms with van der Waals surface area (Å²) in [4.78, 5) is 16.5. The van der Waals surface area contributed by atoms with E-state index >= 15 is 0 Å². The molecule has 3 N–H and O–H groups in total. The topological polar surface area (TPSA) is 87.4 Å². The summed E-state index contributed by atoms with van der Waals surface area (Å²) in [5.74, 6) is -0.197. The molecule has 2 aromatic carbocycles. The van der Waals surface area contributed by atoms with Gasteiger partial charge in [0.1, 0.15) is 16.4 Å². The maximum atomic E-state index is 13.2. The summed E-state index contributed by atoms with van der Waals surface area (Å²) in [6, 6.07) is 14.9. The third kappa shape index (κ3) is 5.42. The molecule has 0 saturated heterocycles. The third-order valence-corrected chi connectivity index (χ3v) is 8.05. The summed E-state index contributed by atoms with van der Waals surface area (Å²) in [7, 11) is 0. The molecule has 9 heteroatoms. The number of carbonyl (C=O) groups is 1. The van der Waals surface area contributed by atoms with Crippen LogP contribution in [0.1, 0.15) is 50.2 Å². The number of nitrogens with zero attached hydrogens (tertiary/aromatic N) is 2. The fourth-order valence-electron chi connectivity index (χ4n) is 4.35. The highest BCUT2D eigenvalue weighted by Gasteiger charge is 2.49. The highest BCUT2D eigenvalue weighted by molar-refractivity contribution is 6.39. The molecule has 1 aromatic heterocycles. The van der Waals surface area contributed by atoms with E-state index in [1.165, 1.54) is 0 Å². The second kappa shape index (κ2) is 10.5. The molecule has 1 atom stereocenters. The predicted molar refractivity (Wildman–Crippen MR) is 155 cm³/mol. The van der Waals surface area contributed by atoms with E-state index in [4.69, 9.17) is 34.8 Å². The van der Waals surface area contributed by atoms with Gasteiger partial charge in [0.15, 0.2) is 0 Å². The van der Waals surface area contributed by atoms with Crippen molar-refractivity contribution in [2.24, 2.45) is 0 Å². The zero-order valence-corrected chi connectivity index (χ0v) is 23.9. The Hall–Kier alpha value is -2.61. The van der Waals surface area contributed by atoms with Crippen LogP contribution >= 0.6 is 34.8 Å².